The third-order valence-electron chi connectivity index (χ3n) is 10.2. The van der Waals surface area contributed by atoms with E-state index >= 15 is 0 Å². The summed E-state index contributed by atoms with van der Waals surface area (Å²) in [4.78, 5) is 11.5. The van der Waals surface area contributed by atoms with Crippen molar-refractivity contribution in [2.75, 3.05) is 35.0 Å². The van der Waals surface area contributed by atoms with Crippen molar-refractivity contribution in [3.05, 3.63) is 54.1 Å². The van der Waals surface area contributed by atoms with Crippen molar-refractivity contribution in [2.24, 2.45) is 23.7 Å². The minimum Gasteiger partial charge on any atom is -0.497 e. The van der Waals surface area contributed by atoms with Crippen LogP contribution in [-0.2, 0) is 34.8 Å². The Kier molecular flexibility index (Phi) is 20.4. The van der Waals surface area contributed by atoms with Crippen molar-refractivity contribution in [1.29, 1.82) is 0 Å². The fraction of sp³-hybridized carbons (Fsp3) is 0.725. The molecule has 0 aromatic heterocycles. The van der Waals surface area contributed by atoms with Gasteiger partial charge in [0.15, 0.2) is 14.1 Å². The number of ether oxygens (including phenoxy) is 5. The summed E-state index contributed by atoms with van der Waals surface area (Å²) in [5.41, 5.74) is 2.65. The lowest BCUT2D eigenvalue weighted by molar-refractivity contribution is -0.112. The van der Waals surface area contributed by atoms with E-state index in [-0.39, 0.29) is 53.9 Å². The Morgan fingerprint density at radius 1 is 0.729 bits per heavy atom. The van der Waals surface area contributed by atoms with Crippen LogP contribution in [0.4, 0.5) is 0 Å². The molecule has 0 unspecified atom stereocenters. The Hall–Kier alpha value is -1.81. The van der Waals surface area contributed by atoms with E-state index in [0.717, 1.165) is 11.3 Å². The summed E-state index contributed by atoms with van der Waals surface area (Å²) in [6.07, 6.45) is 8.05. The quantitative estimate of drug-likeness (QED) is 0.0608. The van der Waals surface area contributed by atoms with Gasteiger partial charge in [-0.3, -0.25) is 4.79 Å². The van der Waals surface area contributed by atoms with Crippen LogP contribution < -0.4 is 4.74 Å². The Morgan fingerprint density at radius 2 is 1.31 bits per heavy atom. The summed E-state index contributed by atoms with van der Waals surface area (Å²) in [6.45, 7) is 25.4. The first kappa shape index (κ1) is 44.2. The molecule has 0 N–H and O–H groups in total. The zero-order valence-corrected chi connectivity index (χ0v) is 33.9. The van der Waals surface area contributed by atoms with Gasteiger partial charge < -0.3 is 28.1 Å². The predicted molar refractivity (Wildman–Crippen MR) is 201 cm³/mol. The second-order valence-electron chi connectivity index (χ2n) is 14.6. The van der Waals surface area contributed by atoms with Crippen LogP contribution in [0.2, 0.25) is 16.6 Å². The molecule has 0 amide bonds. The SMILES string of the molecule is COc1ccc(CO[C@H]([C@@H](C)[C@@H](OC)[C@@H](C)CO[Si](C(C)C)(C(C)C)C(C)C)[C@@H](C)/C=C/[C@@H](C[C@H](OC)[C@@H](C)/C=C/C(C)=O)OC)cc1. The zero-order chi connectivity index (χ0) is 36.6. The molecule has 8 atom stereocenters. The molecule has 0 bridgehead atoms. The topological polar surface area (TPSA) is 72.5 Å². The molecule has 8 heteroatoms. The van der Waals surface area contributed by atoms with Crippen molar-refractivity contribution < 1.29 is 32.9 Å². The van der Waals surface area contributed by atoms with Crippen LogP contribution in [-0.4, -0.2) is 73.6 Å². The van der Waals surface area contributed by atoms with E-state index in [1.54, 1.807) is 34.3 Å². The first-order valence-electron chi connectivity index (χ1n) is 17.9. The molecule has 276 valence electrons. The molecular formula is C40H70O7Si. The maximum Gasteiger partial charge on any atom is 0.200 e. The van der Waals surface area contributed by atoms with Crippen LogP contribution in [0.3, 0.4) is 0 Å². The highest BCUT2D eigenvalue weighted by atomic mass is 28.4. The van der Waals surface area contributed by atoms with E-state index in [1.807, 2.05) is 37.5 Å². The van der Waals surface area contributed by atoms with E-state index in [9.17, 15) is 4.79 Å². The summed E-state index contributed by atoms with van der Waals surface area (Å²) in [5.74, 6) is 1.23. The van der Waals surface area contributed by atoms with Crippen LogP contribution in [0, 0.1) is 23.7 Å². The van der Waals surface area contributed by atoms with Crippen LogP contribution in [0.1, 0.15) is 88.1 Å². The van der Waals surface area contributed by atoms with Gasteiger partial charge in [0, 0.05) is 58.0 Å². The third-order valence-corrected chi connectivity index (χ3v) is 16.3. The number of carbonyl (C=O) groups is 1. The van der Waals surface area contributed by atoms with Gasteiger partial charge in [-0.15, -0.1) is 0 Å². The monoisotopic (exact) mass is 690 g/mol. The number of carbonyl (C=O) groups excluding carboxylic acids is 1. The van der Waals surface area contributed by atoms with Gasteiger partial charge in [0.2, 0.25) is 0 Å². The van der Waals surface area contributed by atoms with Crippen molar-refractivity contribution in [2.45, 2.75) is 130 Å². The summed E-state index contributed by atoms with van der Waals surface area (Å²) >= 11 is 0. The van der Waals surface area contributed by atoms with E-state index in [0.29, 0.717) is 36.3 Å². The second-order valence-corrected chi connectivity index (χ2v) is 20.1. The van der Waals surface area contributed by atoms with Crippen LogP contribution in [0.5, 0.6) is 5.75 Å². The standard InChI is InChI=1S/C40H70O7Si/c1-27(2)48(28(3)4,29(5)6)47-25-32(9)39(45-15)34(11)40(46-26-35-19-22-36(42-12)23-20-35)31(8)17-21-37(43-13)24-38(44-14)30(7)16-18-33(10)41/h16-23,27-32,34,37-40H,24-26H2,1-15H3/b18-16+,21-17+/t30-,31-,32-,34-,37-,38-,39-,40-/m0/s1. The molecule has 0 fully saturated rings. The van der Waals surface area contributed by atoms with E-state index in [2.05, 4.69) is 81.4 Å². The van der Waals surface area contributed by atoms with E-state index in [4.69, 9.17) is 28.1 Å². The molecule has 1 aromatic carbocycles. The van der Waals surface area contributed by atoms with Crippen LogP contribution in [0.15, 0.2) is 48.6 Å². The van der Waals surface area contributed by atoms with Crippen LogP contribution in [0.25, 0.3) is 0 Å². The molecular weight excluding hydrogens is 621 g/mol. The molecule has 1 rings (SSSR count). The normalized spacial score (nSPS) is 18.0. The number of ketones is 1. The van der Waals surface area contributed by atoms with E-state index in [1.165, 1.54) is 0 Å². The number of methoxy groups -OCH3 is 4. The Balaban J connectivity index is 3.30. The van der Waals surface area contributed by atoms with Gasteiger partial charge in [0.1, 0.15) is 5.75 Å². The maximum absolute atomic E-state index is 11.5. The molecule has 0 aliphatic carbocycles. The molecule has 48 heavy (non-hydrogen) atoms. The summed E-state index contributed by atoms with van der Waals surface area (Å²) in [7, 11) is 4.90. The lowest BCUT2D eigenvalue weighted by Crippen LogP contribution is -2.50. The highest BCUT2D eigenvalue weighted by Crippen LogP contribution is 2.43. The van der Waals surface area contributed by atoms with Gasteiger partial charge >= 0.3 is 0 Å². The van der Waals surface area contributed by atoms with Gasteiger partial charge in [0.05, 0.1) is 38.1 Å². The number of benzene rings is 1. The third kappa shape index (κ3) is 13.1. The lowest BCUT2D eigenvalue weighted by atomic mass is 9.83. The van der Waals surface area contributed by atoms with Crippen LogP contribution >= 0.6 is 0 Å². The molecule has 0 radical (unpaired) electrons. The molecule has 0 aliphatic heterocycles. The molecule has 0 spiro atoms. The van der Waals surface area contributed by atoms with Crippen molar-refractivity contribution in [3.8, 4) is 5.75 Å². The van der Waals surface area contributed by atoms with Gasteiger partial charge in [-0.1, -0.05) is 99.6 Å². The molecule has 1 aromatic rings. The van der Waals surface area contributed by atoms with Gasteiger partial charge in [-0.05, 0) is 47.3 Å². The van der Waals surface area contributed by atoms with Gasteiger partial charge in [0.25, 0.3) is 0 Å². The predicted octanol–water partition coefficient (Wildman–Crippen LogP) is 9.45. The second kappa shape index (κ2) is 22.1. The Bertz CT molecular complexity index is 1060. The summed E-state index contributed by atoms with van der Waals surface area (Å²) in [5, 5.41) is 0. The van der Waals surface area contributed by atoms with Gasteiger partial charge in [-0.25, -0.2) is 0 Å². The average molecular weight is 691 g/mol. The minimum absolute atomic E-state index is 0.0277. The zero-order valence-electron chi connectivity index (χ0n) is 32.9. The molecule has 0 heterocycles. The number of rotatable bonds is 24. The fourth-order valence-electron chi connectivity index (χ4n) is 7.55. The molecule has 0 saturated heterocycles. The Labute approximate surface area is 295 Å². The number of hydrogen-bond donors (Lipinski definition) is 0. The highest BCUT2D eigenvalue weighted by molar-refractivity contribution is 6.77. The van der Waals surface area contributed by atoms with Crippen molar-refractivity contribution in [3.63, 3.8) is 0 Å². The maximum atomic E-state index is 11.5. The average Bonchev–Trinajstić information content (AvgIpc) is 3.04. The fourth-order valence-corrected chi connectivity index (χ4v) is 13.1. The first-order chi connectivity index (χ1) is 22.6. The Morgan fingerprint density at radius 3 is 1.77 bits per heavy atom. The number of hydrogen-bond acceptors (Lipinski definition) is 7. The highest BCUT2D eigenvalue weighted by Gasteiger charge is 2.46. The van der Waals surface area contributed by atoms with Gasteiger partial charge in [-0.2, -0.15) is 0 Å². The van der Waals surface area contributed by atoms with E-state index < -0.39 is 8.32 Å². The smallest absolute Gasteiger partial charge is 0.200 e. The summed E-state index contributed by atoms with van der Waals surface area (Å²) in [6, 6.07) is 8.03. The number of allylic oxidation sites excluding steroid dienone is 1. The first-order valence-corrected chi connectivity index (χ1v) is 20.1. The lowest BCUT2D eigenvalue weighted by Gasteiger charge is -2.44. The molecule has 0 saturated carbocycles. The van der Waals surface area contributed by atoms with Crippen molar-refractivity contribution in [1.82, 2.24) is 0 Å². The largest absolute Gasteiger partial charge is 0.497 e. The summed E-state index contributed by atoms with van der Waals surface area (Å²) < 4.78 is 37.1. The molecule has 0 aliphatic rings. The van der Waals surface area contributed by atoms with Crippen molar-refractivity contribution >= 4 is 14.1 Å². The minimum atomic E-state index is -2.02. The molecule has 7 nitrogen and oxygen atoms in total.